The molecule has 2 heterocycles. The Balaban J connectivity index is 1.19. The van der Waals surface area contributed by atoms with Gasteiger partial charge >= 0.3 is 24.4 Å². The molecule has 0 radical (unpaired) electrons. The number of ether oxygens (including phenoxy) is 6. The highest BCUT2D eigenvalue weighted by atomic mass is 16.7. The first kappa shape index (κ1) is 38.3. The second-order valence-corrected chi connectivity index (χ2v) is 13.0. The molecule has 3 aromatic rings. The van der Waals surface area contributed by atoms with Crippen LogP contribution >= 0.6 is 0 Å². The Bertz CT molecular complexity index is 1710. The van der Waals surface area contributed by atoms with Gasteiger partial charge < -0.3 is 65.0 Å². The van der Waals surface area contributed by atoms with Gasteiger partial charge in [0, 0.05) is 0 Å². The van der Waals surface area contributed by atoms with E-state index < -0.39 is 85.4 Å². The summed E-state index contributed by atoms with van der Waals surface area (Å²) in [4.78, 5) is 51.0. The topological polar surface area (TPSA) is 232 Å². The molecule has 1 aliphatic carbocycles. The minimum atomic E-state index is -1.79. The fraction of sp³-hybridized carbons (Fsp3) is 0.405. The van der Waals surface area contributed by atoms with E-state index in [1.54, 1.807) is 78.9 Å². The predicted molar refractivity (Wildman–Crippen MR) is 185 cm³/mol. The molecule has 1 saturated carbocycles. The van der Waals surface area contributed by atoms with Gasteiger partial charge in [-0.15, -0.1) is 0 Å². The van der Waals surface area contributed by atoms with Crippen LogP contribution in [0.5, 0.6) is 0 Å². The lowest BCUT2D eigenvalue weighted by Crippen LogP contribution is -2.71. The molecule has 6 rings (SSSR count). The zero-order valence-electron chi connectivity index (χ0n) is 28.9. The maximum atomic E-state index is 13.1. The van der Waals surface area contributed by atoms with Crippen molar-refractivity contribution in [1.29, 1.82) is 0 Å². The monoisotopic (exact) mass is 750 g/mol. The summed E-state index contributed by atoms with van der Waals surface area (Å²) in [5.74, 6) is 0. The largest absolute Gasteiger partial charge is 0.445 e. The number of nitrogens with one attached hydrogen (secondary N) is 4. The number of hydrogen-bond donors (Lipinski definition) is 7. The van der Waals surface area contributed by atoms with Crippen LogP contribution in [0.2, 0.25) is 0 Å². The van der Waals surface area contributed by atoms with Gasteiger partial charge in [-0.2, -0.15) is 0 Å². The predicted octanol–water partition coefficient (Wildman–Crippen LogP) is 1.58. The van der Waals surface area contributed by atoms with E-state index in [4.69, 9.17) is 28.4 Å². The number of alkyl carbamates (subject to hydrolysis) is 4. The number of benzene rings is 3. The van der Waals surface area contributed by atoms with E-state index in [-0.39, 0.29) is 32.8 Å². The highest BCUT2D eigenvalue weighted by molar-refractivity contribution is 5.70. The summed E-state index contributed by atoms with van der Waals surface area (Å²) in [5.41, 5.74) is 2.11. The second-order valence-electron chi connectivity index (χ2n) is 13.0. The average Bonchev–Trinajstić information content (AvgIpc) is 3.18. The second kappa shape index (κ2) is 18.0. The molecular weight excluding hydrogens is 708 g/mol. The van der Waals surface area contributed by atoms with E-state index in [1.807, 2.05) is 12.1 Å². The Hall–Kier alpha value is -5.46. The molecule has 2 saturated heterocycles. The average molecular weight is 751 g/mol. The summed E-state index contributed by atoms with van der Waals surface area (Å²) in [7, 11) is 0. The Labute approximate surface area is 309 Å². The first-order chi connectivity index (χ1) is 26.1. The van der Waals surface area contributed by atoms with Gasteiger partial charge in [-0.25, -0.2) is 19.2 Å². The van der Waals surface area contributed by atoms with Gasteiger partial charge in [0.2, 0.25) is 0 Å². The Kier molecular flexibility index (Phi) is 12.8. The standard InChI is InChI=1S/C37H42N4O13/c42-28-24(39-35(46)49-18-21-10-4-1-5-11-21)16-25(40-36(47)50-19-22-12-6-2-7-13-22)31(30(28)44)53-33-27(29(43)32-26(52-33)17-38-34(45)54-32)41-37(48)51-20-23-14-8-3-9-15-23/h1-15,24-33,42-44H,16-20H2,(H,38,45)(H,39,46)(H,40,47)(H,41,48)/t24-,25+,26+,27+,28+,29+,30-,31-,32+,33+/m0/s1. The van der Waals surface area contributed by atoms with Crippen LogP contribution in [0.25, 0.3) is 0 Å². The molecule has 0 unspecified atom stereocenters. The smallest absolute Gasteiger partial charge is 0.407 e. The summed E-state index contributed by atoms with van der Waals surface area (Å²) < 4.78 is 33.6. The maximum Gasteiger partial charge on any atom is 0.407 e. The summed E-state index contributed by atoms with van der Waals surface area (Å²) in [6, 6.07) is 22.9. The zero-order valence-corrected chi connectivity index (χ0v) is 28.9. The van der Waals surface area contributed by atoms with Crippen LogP contribution in [0.1, 0.15) is 23.1 Å². The van der Waals surface area contributed by atoms with Crippen LogP contribution in [0.3, 0.4) is 0 Å². The fourth-order valence-corrected chi connectivity index (χ4v) is 6.42. The Morgan fingerprint density at radius 2 is 1.15 bits per heavy atom. The third-order valence-corrected chi connectivity index (χ3v) is 9.19. The highest BCUT2D eigenvalue weighted by Crippen LogP contribution is 2.31. The van der Waals surface area contributed by atoms with Crippen LogP contribution in [-0.4, -0.2) is 107 Å². The quantitative estimate of drug-likeness (QED) is 0.138. The first-order valence-electron chi connectivity index (χ1n) is 17.4. The van der Waals surface area contributed by atoms with Crippen molar-refractivity contribution in [2.75, 3.05) is 6.54 Å². The van der Waals surface area contributed by atoms with Crippen molar-refractivity contribution < 1.29 is 62.9 Å². The molecule has 0 bridgehead atoms. The molecule has 17 heteroatoms. The van der Waals surface area contributed by atoms with E-state index >= 15 is 0 Å². The molecule has 10 atom stereocenters. The fourth-order valence-electron chi connectivity index (χ4n) is 6.42. The number of fused-ring (bicyclic) bond motifs is 1. The van der Waals surface area contributed by atoms with Gasteiger partial charge in [0.15, 0.2) is 12.4 Å². The van der Waals surface area contributed by atoms with Gasteiger partial charge in [0.25, 0.3) is 0 Å². The number of hydrogen-bond acceptors (Lipinski definition) is 13. The third-order valence-electron chi connectivity index (χ3n) is 9.19. The number of aliphatic hydroxyl groups is 3. The summed E-state index contributed by atoms with van der Waals surface area (Å²) in [5, 5.41) is 44.3. The molecule has 2 aliphatic heterocycles. The van der Waals surface area contributed by atoms with Crippen LogP contribution in [0.4, 0.5) is 19.2 Å². The van der Waals surface area contributed by atoms with E-state index in [0.717, 1.165) is 5.56 Å². The van der Waals surface area contributed by atoms with Crippen molar-refractivity contribution in [3.05, 3.63) is 108 Å². The lowest BCUT2D eigenvalue weighted by molar-refractivity contribution is -0.296. The Morgan fingerprint density at radius 3 is 1.67 bits per heavy atom. The molecule has 54 heavy (non-hydrogen) atoms. The number of amides is 4. The van der Waals surface area contributed by atoms with E-state index in [0.29, 0.717) is 11.1 Å². The summed E-state index contributed by atoms with van der Waals surface area (Å²) >= 11 is 0. The normalized spacial score (nSPS) is 28.9. The lowest BCUT2D eigenvalue weighted by Gasteiger charge is -2.49. The van der Waals surface area contributed by atoms with E-state index in [1.165, 1.54) is 0 Å². The molecule has 3 aliphatic rings. The van der Waals surface area contributed by atoms with Gasteiger partial charge in [-0.05, 0) is 23.1 Å². The zero-order chi connectivity index (χ0) is 38.0. The molecule has 4 amide bonds. The minimum Gasteiger partial charge on any atom is -0.445 e. The summed E-state index contributed by atoms with van der Waals surface area (Å²) in [6.07, 6.45) is -14.0. The molecule has 7 N–H and O–H groups in total. The highest BCUT2D eigenvalue weighted by Gasteiger charge is 2.54. The van der Waals surface area contributed by atoms with Crippen LogP contribution in [-0.2, 0) is 48.2 Å². The van der Waals surface area contributed by atoms with Crippen molar-refractivity contribution in [3.8, 4) is 0 Å². The lowest BCUT2D eigenvalue weighted by atomic mass is 9.83. The number of carbonyl (C=O) groups is 4. The molecule has 288 valence electrons. The van der Waals surface area contributed by atoms with Gasteiger partial charge in [-0.1, -0.05) is 91.0 Å². The van der Waals surface area contributed by atoms with Crippen molar-refractivity contribution in [3.63, 3.8) is 0 Å². The molecule has 0 aromatic heterocycles. The van der Waals surface area contributed by atoms with Crippen molar-refractivity contribution >= 4 is 24.4 Å². The van der Waals surface area contributed by atoms with Crippen molar-refractivity contribution in [2.45, 2.75) is 87.3 Å². The van der Waals surface area contributed by atoms with Crippen LogP contribution in [0.15, 0.2) is 91.0 Å². The van der Waals surface area contributed by atoms with Crippen molar-refractivity contribution in [2.24, 2.45) is 0 Å². The molecule has 3 aromatic carbocycles. The third kappa shape index (κ3) is 9.94. The number of rotatable bonds is 11. The van der Waals surface area contributed by atoms with Gasteiger partial charge in [0.1, 0.15) is 56.4 Å². The minimum absolute atomic E-state index is 0.0624. The Morgan fingerprint density at radius 1 is 0.667 bits per heavy atom. The van der Waals surface area contributed by atoms with Gasteiger partial charge in [-0.3, -0.25) is 0 Å². The molecule has 17 nitrogen and oxygen atoms in total. The van der Waals surface area contributed by atoms with E-state index in [2.05, 4.69) is 21.3 Å². The van der Waals surface area contributed by atoms with Crippen LogP contribution < -0.4 is 21.3 Å². The molecule has 0 spiro atoms. The number of aliphatic hydroxyl groups excluding tert-OH is 3. The van der Waals surface area contributed by atoms with E-state index in [9.17, 15) is 34.5 Å². The first-order valence-corrected chi connectivity index (χ1v) is 17.4. The van der Waals surface area contributed by atoms with Gasteiger partial charge in [0.05, 0.1) is 18.6 Å². The molecule has 3 fully saturated rings. The maximum absolute atomic E-state index is 13.1. The van der Waals surface area contributed by atoms with Crippen LogP contribution in [0, 0.1) is 0 Å². The summed E-state index contributed by atoms with van der Waals surface area (Å²) in [6.45, 7) is -0.355. The number of carbonyl (C=O) groups excluding carboxylic acids is 4. The van der Waals surface area contributed by atoms with Crippen molar-refractivity contribution in [1.82, 2.24) is 21.3 Å². The SMILES string of the molecule is O=C(N[C@H]1[C@@H](O[C@@H]2[C@@H](O)[C@H](O)[C@@H](NC(=O)OCc3ccccc3)C[C@H]2NC(=O)OCc2ccccc2)O[C@@H]2CNC(=O)O[C@H]2[C@@H]1O)OCc1ccccc1. The molecular formula is C37H42N4O13.